The molecule has 0 aliphatic carbocycles. The molecule has 0 bridgehead atoms. The number of halogens is 1. The van der Waals surface area contributed by atoms with Crippen LogP contribution in [0.5, 0.6) is 0 Å². The summed E-state index contributed by atoms with van der Waals surface area (Å²) < 4.78 is 18.9. The van der Waals surface area contributed by atoms with Crippen LogP contribution in [0.4, 0.5) is 16.0 Å². The van der Waals surface area contributed by atoms with Gasteiger partial charge in [-0.25, -0.2) is 4.39 Å². The van der Waals surface area contributed by atoms with Crippen LogP contribution < -0.4 is 15.1 Å². The third kappa shape index (κ3) is 3.47. The van der Waals surface area contributed by atoms with Gasteiger partial charge in [-0.1, -0.05) is 12.1 Å². The summed E-state index contributed by atoms with van der Waals surface area (Å²) >= 11 is 0. The maximum Gasteiger partial charge on any atom is 0.265 e. The van der Waals surface area contributed by atoms with Crippen LogP contribution in [-0.4, -0.2) is 43.2 Å². The second-order valence-electron chi connectivity index (χ2n) is 5.98. The lowest BCUT2D eigenvalue weighted by molar-refractivity contribution is -0.124. The molecular formula is C16H20FN5O2. The van der Waals surface area contributed by atoms with Gasteiger partial charge in [0.05, 0.1) is 18.2 Å². The summed E-state index contributed by atoms with van der Waals surface area (Å²) in [6.45, 7) is 1.35. The highest BCUT2D eigenvalue weighted by Crippen LogP contribution is 2.26. The van der Waals surface area contributed by atoms with Crippen molar-refractivity contribution in [3.05, 3.63) is 36.0 Å². The van der Waals surface area contributed by atoms with Crippen molar-refractivity contribution >= 4 is 17.5 Å². The molecule has 1 N–H and O–H groups in total. The van der Waals surface area contributed by atoms with E-state index in [1.54, 1.807) is 23.1 Å². The van der Waals surface area contributed by atoms with Gasteiger partial charge in [-0.15, -0.1) is 0 Å². The lowest BCUT2D eigenvalue weighted by atomic mass is 10.1. The van der Waals surface area contributed by atoms with Crippen LogP contribution in [0.3, 0.4) is 0 Å². The summed E-state index contributed by atoms with van der Waals surface area (Å²) in [6, 6.07) is 6.62. The molecule has 2 heterocycles. The van der Waals surface area contributed by atoms with Crippen molar-refractivity contribution < 1.29 is 13.7 Å². The molecular weight excluding hydrogens is 313 g/mol. The largest absolute Gasteiger partial charge is 0.368 e. The Morgan fingerprint density at radius 2 is 2.25 bits per heavy atom. The molecule has 2 aromatic rings. The summed E-state index contributed by atoms with van der Waals surface area (Å²) in [5, 5.41) is 6.60. The van der Waals surface area contributed by atoms with Gasteiger partial charge in [-0.2, -0.15) is 4.98 Å². The van der Waals surface area contributed by atoms with Crippen LogP contribution >= 0.6 is 0 Å². The summed E-state index contributed by atoms with van der Waals surface area (Å²) in [6.07, 6.45) is 0.687. The van der Waals surface area contributed by atoms with E-state index in [2.05, 4.69) is 15.5 Å². The molecule has 1 aromatic heterocycles. The molecule has 7 nitrogen and oxygen atoms in total. The molecule has 1 aliphatic rings. The molecule has 0 saturated carbocycles. The van der Waals surface area contributed by atoms with Crippen molar-refractivity contribution in [2.75, 3.05) is 37.0 Å². The van der Waals surface area contributed by atoms with Gasteiger partial charge in [0.2, 0.25) is 11.8 Å². The van der Waals surface area contributed by atoms with Gasteiger partial charge in [0.1, 0.15) is 5.82 Å². The molecule has 24 heavy (non-hydrogen) atoms. The zero-order valence-electron chi connectivity index (χ0n) is 13.7. The van der Waals surface area contributed by atoms with Gasteiger partial charge in [0, 0.05) is 27.2 Å². The smallest absolute Gasteiger partial charge is 0.265 e. The molecule has 0 radical (unpaired) electrons. The van der Waals surface area contributed by atoms with Gasteiger partial charge in [-0.05, 0) is 23.7 Å². The lowest BCUT2D eigenvalue weighted by Crippen LogP contribution is -2.32. The maximum absolute atomic E-state index is 13.8. The minimum Gasteiger partial charge on any atom is -0.368 e. The van der Waals surface area contributed by atoms with Crippen molar-refractivity contribution in [2.24, 2.45) is 5.92 Å². The third-order valence-electron chi connectivity index (χ3n) is 4.02. The fourth-order valence-electron chi connectivity index (χ4n) is 2.71. The van der Waals surface area contributed by atoms with Crippen molar-refractivity contribution in [2.45, 2.75) is 13.0 Å². The van der Waals surface area contributed by atoms with Crippen molar-refractivity contribution in [3.8, 4) is 0 Å². The summed E-state index contributed by atoms with van der Waals surface area (Å²) in [5.41, 5.74) is 0.542. The molecule has 0 spiro atoms. The second kappa shape index (κ2) is 6.86. The Kier molecular flexibility index (Phi) is 4.64. The Morgan fingerprint density at radius 1 is 1.46 bits per heavy atom. The van der Waals surface area contributed by atoms with Crippen LogP contribution in [0.15, 0.2) is 28.8 Å². The Bertz CT molecular complexity index is 718. The second-order valence-corrected chi connectivity index (χ2v) is 5.98. The Labute approximate surface area is 139 Å². The molecule has 1 amide bonds. The summed E-state index contributed by atoms with van der Waals surface area (Å²) in [5.74, 6) is 0.293. The number of hydrogen-bond donors (Lipinski definition) is 1. The van der Waals surface area contributed by atoms with Gasteiger partial charge in [0.15, 0.2) is 0 Å². The molecule has 1 fully saturated rings. The normalized spacial score (nSPS) is 17.1. The average Bonchev–Trinajstić information content (AvgIpc) is 3.22. The van der Waals surface area contributed by atoms with Crippen LogP contribution in [0.2, 0.25) is 0 Å². The first-order valence-corrected chi connectivity index (χ1v) is 7.81. The number of nitrogens with one attached hydrogen (secondary N) is 1. The highest BCUT2D eigenvalue weighted by molar-refractivity contribution is 5.80. The average molecular weight is 333 g/mol. The third-order valence-corrected chi connectivity index (χ3v) is 4.02. The van der Waals surface area contributed by atoms with E-state index in [0.29, 0.717) is 37.0 Å². The number of rotatable bonds is 5. The minimum absolute atomic E-state index is 0.0848. The predicted molar refractivity (Wildman–Crippen MR) is 87.2 cm³/mol. The number of anilines is 2. The van der Waals surface area contributed by atoms with Crippen LogP contribution in [0, 0.1) is 11.7 Å². The van der Waals surface area contributed by atoms with Gasteiger partial charge in [-0.3, -0.25) is 4.79 Å². The number of benzene rings is 1. The lowest BCUT2D eigenvalue weighted by Gasteiger charge is -2.19. The highest BCUT2D eigenvalue weighted by Gasteiger charge is 2.29. The zero-order valence-corrected chi connectivity index (χ0v) is 13.7. The number of aromatic nitrogens is 2. The van der Waals surface area contributed by atoms with Gasteiger partial charge >= 0.3 is 0 Å². The Hall–Kier alpha value is -2.64. The molecule has 1 aliphatic heterocycles. The molecule has 1 aromatic carbocycles. The first-order chi connectivity index (χ1) is 11.5. The van der Waals surface area contributed by atoms with E-state index in [1.165, 1.54) is 6.07 Å². The van der Waals surface area contributed by atoms with E-state index in [-0.39, 0.29) is 24.2 Å². The van der Waals surface area contributed by atoms with Crippen molar-refractivity contribution in [3.63, 3.8) is 0 Å². The van der Waals surface area contributed by atoms with Crippen LogP contribution in [0.25, 0.3) is 0 Å². The monoisotopic (exact) mass is 333 g/mol. The first kappa shape index (κ1) is 16.2. The number of hydrogen-bond acceptors (Lipinski definition) is 6. The standard InChI is InChI=1S/C16H20FN5O2/c1-21(2)16-19-14(24-20-16)9-18-15(23)11-7-8-22(10-11)13-6-4-3-5-12(13)17/h3-6,11H,7-10H2,1-2H3,(H,18,23). The zero-order chi connectivity index (χ0) is 17.1. The fourth-order valence-corrected chi connectivity index (χ4v) is 2.71. The highest BCUT2D eigenvalue weighted by atomic mass is 19.1. The molecule has 1 atom stereocenters. The Morgan fingerprint density at radius 3 is 2.96 bits per heavy atom. The predicted octanol–water partition coefficient (Wildman–Crippen LogP) is 1.42. The number of amides is 1. The van der Waals surface area contributed by atoms with Gasteiger partial charge < -0.3 is 19.6 Å². The topological polar surface area (TPSA) is 74.5 Å². The number of carbonyl (C=O) groups is 1. The minimum atomic E-state index is -0.263. The van der Waals surface area contributed by atoms with Crippen molar-refractivity contribution in [1.82, 2.24) is 15.5 Å². The molecule has 8 heteroatoms. The number of carbonyl (C=O) groups excluding carboxylic acids is 1. The molecule has 128 valence electrons. The van der Waals surface area contributed by atoms with E-state index in [0.717, 1.165) is 0 Å². The molecule has 1 unspecified atom stereocenters. The number of nitrogens with zero attached hydrogens (tertiary/aromatic N) is 4. The van der Waals surface area contributed by atoms with E-state index < -0.39 is 0 Å². The quantitative estimate of drug-likeness (QED) is 0.892. The maximum atomic E-state index is 13.8. The van der Waals surface area contributed by atoms with Crippen molar-refractivity contribution in [1.29, 1.82) is 0 Å². The summed E-state index contributed by atoms with van der Waals surface area (Å²) in [7, 11) is 3.62. The van der Waals surface area contributed by atoms with Crippen LogP contribution in [0.1, 0.15) is 12.3 Å². The van der Waals surface area contributed by atoms with Crippen LogP contribution in [-0.2, 0) is 11.3 Å². The SMILES string of the molecule is CN(C)c1noc(CNC(=O)C2CCN(c3ccccc3F)C2)n1. The fraction of sp³-hybridized carbons (Fsp3) is 0.438. The Balaban J connectivity index is 1.54. The van der Waals surface area contributed by atoms with E-state index in [1.807, 2.05) is 19.0 Å². The van der Waals surface area contributed by atoms with E-state index in [9.17, 15) is 9.18 Å². The molecule has 1 saturated heterocycles. The first-order valence-electron chi connectivity index (χ1n) is 7.81. The number of para-hydroxylation sites is 1. The molecule has 3 rings (SSSR count). The van der Waals surface area contributed by atoms with Gasteiger partial charge in [0.25, 0.3) is 5.95 Å². The summed E-state index contributed by atoms with van der Waals surface area (Å²) in [4.78, 5) is 20.1. The van der Waals surface area contributed by atoms with E-state index >= 15 is 0 Å². The van der Waals surface area contributed by atoms with E-state index in [4.69, 9.17) is 4.52 Å².